The van der Waals surface area contributed by atoms with Gasteiger partial charge in [0.1, 0.15) is 0 Å². The Kier molecular flexibility index (Phi) is 6.57. The van der Waals surface area contributed by atoms with Crippen LogP contribution in [0.1, 0.15) is 0 Å². The highest BCUT2D eigenvalue weighted by Crippen LogP contribution is 2.46. The number of fused-ring (bicyclic) bond motifs is 8. The van der Waals surface area contributed by atoms with Crippen molar-refractivity contribution in [3.8, 4) is 39.9 Å². The van der Waals surface area contributed by atoms with Gasteiger partial charge in [-0.05, 0) is 79.5 Å². The highest BCUT2D eigenvalue weighted by molar-refractivity contribution is 7.26. The molecule has 0 unspecified atom stereocenters. The van der Waals surface area contributed by atoms with E-state index in [4.69, 9.17) is 15.0 Å². The van der Waals surface area contributed by atoms with Crippen molar-refractivity contribution in [3.05, 3.63) is 182 Å². The summed E-state index contributed by atoms with van der Waals surface area (Å²) in [6, 6.07) is 65.6. The lowest BCUT2D eigenvalue weighted by molar-refractivity contribution is 1.08. The molecule has 268 valence electrons. The summed E-state index contributed by atoms with van der Waals surface area (Å²) >= 11 is 1.80. The number of aromatic nitrogens is 4. The average molecular weight is 755 g/mol. The lowest BCUT2D eigenvalue weighted by Gasteiger charge is -2.15. The van der Waals surface area contributed by atoms with Crippen LogP contribution in [0.3, 0.4) is 0 Å². The average Bonchev–Trinajstić information content (AvgIpc) is 3.83. The van der Waals surface area contributed by atoms with Gasteiger partial charge in [-0.3, -0.25) is 0 Å². The highest BCUT2D eigenvalue weighted by atomic mass is 32.1. The molecule has 0 fully saturated rings. The van der Waals surface area contributed by atoms with Crippen LogP contribution in [-0.2, 0) is 0 Å². The molecule has 0 saturated carbocycles. The van der Waals surface area contributed by atoms with Gasteiger partial charge in [-0.15, -0.1) is 11.3 Å². The molecule has 13 aromatic rings. The number of hydrogen-bond acceptors (Lipinski definition) is 4. The van der Waals surface area contributed by atoms with Crippen LogP contribution < -0.4 is 0 Å². The van der Waals surface area contributed by atoms with E-state index in [0.29, 0.717) is 17.5 Å². The lowest BCUT2D eigenvalue weighted by Crippen LogP contribution is -2.01. The predicted octanol–water partition coefficient (Wildman–Crippen LogP) is 14.4. The van der Waals surface area contributed by atoms with E-state index in [0.717, 1.165) is 38.0 Å². The summed E-state index contributed by atoms with van der Waals surface area (Å²) in [5, 5.41) is 15.0. The fourth-order valence-electron chi connectivity index (χ4n) is 9.32. The van der Waals surface area contributed by atoms with Gasteiger partial charge in [-0.25, -0.2) is 15.0 Å². The molecule has 5 heteroatoms. The van der Waals surface area contributed by atoms with Crippen LogP contribution in [-0.4, -0.2) is 19.5 Å². The molecule has 0 amide bonds. The lowest BCUT2D eigenvalue weighted by atomic mass is 9.92. The Balaban J connectivity index is 1.14. The van der Waals surface area contributed by atoms with Gasteiger partial charge in [0, 0.05) is 53.3 Å². The largest absolute Gasteiger partial charge is 0.309 e. The maximum absolute atomic E-state index is 5.34. The second-order valence-corrected chi connectivity index (χ2v) is 16.2. The van der Waals surface area contributed by atoms with Crippen LogP contribution in [0.25, 0.3) is 125 Å². The van der Waals surface area contributed by atoms with Crippen LogP contribution in [0.5, 0.6) is 0 Å². The maximum Gasteiger partial charge on any atom is 0.165 e. The number of hydrogen-bond donors (Lipinski definition) is 0. The molecule has 0 saturated heterocycles. The molecule has 0 spiro atoms. The molecule has 0 bridgehead atoms. The van der Waals surface area contributed by atoms with Gasteiger partial charge in [0.25, 0.3) is 0 Å². The number of para-hydroxylation sites is 1. The fraction of sp³-hybridized carbons (Fsp3) is 0. The summed E-state index contributed by atoms with van der Waals surface area (Å²) in [6.45, 7) is 0. The fourth-order valence-corrected chi connectivity index (χ4v) is 10.5. The molecular weight excluding hydrogens is 725 g/mol. The predicted molar refractivity (Wildman–Crippen MR) is 245 cm³/mol. The van der Waals surface area contributed by atoms with Crippen molar-refractivity contribution in [1.29, 1.82) is 0 Å². The first-order valence-electron chi connectivity index (χ1n) is 19.6. The second kappa shape index (κ2) is 12.0. The Morgan fingerprint density at radius 2 is 1.03 bits per heavy atom. The molecular formula is C53H30N4S. The Hall–Kier alpha value is -7.47. The van der Waals surface area contributed by atoms with Crippen molar-refractivity contribution in [2.24, 2.45) is 0 Å². The summed E-state index contributed by atoms with van der Waals surface area (Å²) in [5.41, 5.74) is 6.29. The zero-order chi connectivity index (χ0) is 37.9. The molecule has 4 nitrogen and oxygen atoms in total. The van der Waals surface area contributed by atoms with E-state index in [1.807, 2.05) is 18.2 Å². The topological polar surface area (TPSA) is 43.6 Å². The van der Waals surface area contributed by atoms with Crippen LogP contribution in [0.2, 0.25) is 0 Å². The van der Waals surface area contributed by atoms with E-state index in [-0.39, 0.29) is 0 Å². The summed E-state index contributed by atoms with van der Waals surface area (Å²) in [4.78, 5) is 15.8. The highest BCUT2D eigenvalue weighted by Gasteiger charge is 2.22. The zero-order valence-electron chi connectivity index (χ0n) is 31.0. The molecule has 0 N–H and O–H groups in total. The van der Waals surface area contributed by atoms with Gasteiger partial charge < -0.3 is 4.57 Å². The van der Waals surface area contributed by atoms with E-state index in [1.54, 1.807) is 11.3 Å². The summed E-state index contributed by atoms with van der Waals surface area (Å²) < 4.78 is 4.84. The van der Waals surface area contributed by atoms with Gasteiger partial charge in [-0.2, -0.15) is 0 Å². The third-order valence-corrected chi connectivity index (χ3v) is 13.1. The van der Waals surface area contributed by atoms with E-state index in [9.17, 15) is 0 Å². The quantitative estimate of drug-likeness (QED) is 0.168. The molecule has 0 aliphatic heterocycles. The van der Waals surface area contributed by atoms with E-state index in [2.05, 4.69) is 168 Å². The van der Waals surface area contributed by atoms with E-state index >= 15 is 0 Å². The minimum absolute atomic E-state index is 0.647. The number of nitrogens with zero attached hydrogens (tertiary/aromatic N) is 4. The number of thiophene rings is 1. The molecule has 0 aliphatic carbocycles. The van der Waals surface area contributed by atoms with Crippen molar-refractivity contribution in [3.63, 3.8) is 0 Å². The number of benzene rings is 10. The van der Waals surface area contributed by atoms with Crippen molar-refractivity contribution in [2.75, 3.05) is 0 Å². The van der Waals surface area contributed by atoms with Gasteiger partial charge in [-0.1, -0.05) is 146 Å². The van der Waals surface area contributed by atoms with Gasteiger partial charge >= 0.3 is 0 Å². The third kappa shape index (κ3) is 4.59. The molecule has 58 heavy (non-hydrogen) atoms. The summed E-state index contributed by atoms with van der Waals surface area (Å²) in [5.74, 6) is 1.95. The monoisotopic (exact) mass is 754 g/mol. The smallest absolute Gasteiger partial charge is 0.165 e. The maximum atomic E-state index is 5.34. The Labute approximate surface area is 336 Å². The molecule has 3 aromatic heterocycles. The SMILES string of the molecule is c1ccc(-c2nc(-c3ccc4ccccc4c3)nc(-c3cc(-n4c5ccccc5c5c6ccc7cccc8ccc(cc54)c6c87)cc4c3sc3ccccc34)n2)cc1. The van der Waals surface area contributed by atoms with Crippen LogP contribution in [0.15, 0.2) is 182 Å². The minimum atomic E-state index is 0.647. The second-order valence-electron chi connectivity index (χ2n) is 15.2. The van der Waals surface area contributed by atoms with Gasteiger partial charge in [0.05, 0.1) is 11.0 Å². The minimum Gasteiger partial charge on any atom is -0.309 e. The Bertz CT molecular complexity index is 3790. The molecule has 0 aliphatic rings. The summed E-state index contributed by atoms with van der Waals surface area (Å²) in [7, 11) is 0. The standard InChI is InChI=1S/C53H30N4S/c1-2-12-34(13-3-1)51-54-52(37-24-21-31-11-4-5-14-35(31)27-37)56-53(55-51)43-30-38(29-42-39-17-7-9-20-46(39)58-50(42)43)57-44-19-8-6-18-40(44)49-41-26-25-33-16-10-15-32-22-23-36(28-45(49)57)48(41)47(32)33/h1-30H. The number of rotatable bonds is 4. The van der Waals surface area contributed by atoms with E-state index < -0.39 is 0 Å². The van der Waals surface area contributed by atoms with Crippen molar-refractivity contribution in [1.82, 2.24) is 19.5 Å². The molecule has 10 aromatic carbocycles. The first kappa shape index (κ1) is 31.7. The zero-order valence-corrected chi connectivity index (χ0v) is 31.8. The first-order valence-corrected chi connectivity index (χ1v) is 20.4. The van der Waals surface area contributed by atoms with Crippen LogP contribution in [0, 0.1) is 0 Å². The third-order valence-electron chi connectivity index (χ3n) is 11.9. The van der Waals surface area contributed by atoms with Crippen molar-refractivity contribution < 1.29 is 0 Å². The van der Waals surface area contributed by atoms with Gasteiger partial charge in [0.2, 0.25) is 0 Å². The first-order chi connectivity index (χ1) is 28.7. The molecule has 3 heterocycles. The summed E-state index contributed by atoms with van der Waals surface area (Å²) in [6.07, 6.45) is 0. The van der Waals surface area contributed by atoms with Crippen LogP contribution in [0.4, 0.5) is 0 Å². The molecule has 0 atom stereocenters. The van der Waals surface area contributed by atoms with Crippen LogP contribution >= 0.6 is 11.3 Å². The molecule has 13 rings (SSSR count). The Morgan fingerprint density at radius 3 is 1.91 bits per heavy atom. The molecule has 0 radical (unpaired) electrons. The van der Waals surface area contributed by atoms with Gasteiger partial charge in [0.15, 0.2) is 17.5 Å². The normalized spacial score (nSPS) is 12.1. The Morgan fingerprint density at radius 1 is 0.362 bits per heavy atom. The van der Waals surface area contributed by atoms with E-state index in [1.165, 1.54) is 69.5 Å². The van der Waals surface area contributed by atoms with Crippen molar-refractivity contribution >= 4 is 96.4 Å². The van der Waals surface area contributed by atoms with Crippen molar-refractivity contribution in [2.45, 2.75) is 0 Å².